The van der Waals surface area contributed by atoms with E-state index in [2.05, 4.69) is 4.18 Å². The van der Waals surface area contributed by atoms with Gasteiger partial charge in [-0.15, -0.1) is 0 Å². The summed E-state index contributed by atoms with van der Waals surface area (Å²) in [5, 5.41) is 27.9. The van der Waals surface area contributed by atoms with Gasteiger partial charge >= 0.3 is 10.4 Å². The predicted molar refractivity (Wildman–Crippen MR) is 48.4 cm³/mol. The first-order valence-corrected chi connectivity index (χ1v) is 5.66. The Balaban J connectivity index is 2.61. The molecule has 9 nitrogen and oxygen atoms in total. The molecule has 1 aliphatic rings. The zero-order valence-electron chi connectivity index (χ0n) is 8.00. The fraction of sp³-hybridized carbons (Fsp3) is 1.00. The molecule has 10 heteroatoms. The zero-order valence-corrected chi connectivity index (χ0v) is 8.82. The zero-order chi connectivity index (χ0) is 12.5. The van der Waals surface area contributed by atoms with Gasteiger partial charge in [0.1, 0.15) is 18.3 Å². The molecular formula is C6H13NO8S. The van der Waals surface area contributed by atoms with Gasteiger partial charge in [0.2, 0.25) is 0 Å². The molecule has 6 N–H and O–H groups in total. The maximum Gasteiger partial charge on any atom is 0.397 e. The van der Waals surface area contributed by atoms with Crippen molar-refractivity contribution < 1.29 is 37.2 Å². The summed E-state index contributed by atoms with van der Waals surface area (Å²) in [7, 11) is -4.68. The van der Waals surface area contributed by atoms with E-state index in [9.17, 15) is 23.7 Å². The summed E-state index contributed by atoms with van der Waals surface area (Å²) in [5.74, 6) is 0. The van der Waals surface area contributed by atoms with Crippen LogP contribution in [-0.4, -0.2) is 65.5 Å². The molecular weight excluding hydrogens is 246 g/mol. The summed E-state index contributed by atoms with van der Waals surface area (Å²) >= 11 is 0. The molecule has 0 amide bonds. The lowest BCUT2D eigenvalue weighted by molar-refractivity contribution is -0.247. The monoisotopic (exact) mass is 259 g/mol. The van der Waals surface area contributed by atoms with Crippen LogP contribution in [0.15, 0.2) is 0 Å². The summed E-state index contributed by atoms with van der Waals surface area (Å²) in [5.41, 5.74) is 5.26. The quantitative estimate of drug-likeness (QED) is 0.325. The maximum absolute atomic E-state index is 10.3. The van der Waals surface area contributed by atoms with Crippen LogP contribution in [0.2, 0.25) is 0 Å². The van der Waals surface area contributed by atoms with E-state index in [-0.39, 0.29) is 0 Å². The third kappa shape index (κ3) is 3.33. The molecule has 5 atom stereocenters. The molecule has 0 bridgehead atoms. The number of aliphatic hydroxyl groups excluding tert-OH is 3. The van der Waals surface area contributed by atoms with E-state index in [1.54, 1.807) is 0 Å². The highest BCUT2D eigenvalue weighted by Gasteiger charge is 2.42. The number of rotatable bonds is 3. The van der Waals surface area contributed by atoms with Gasteiger partial charge in [-0.2, -0.15) is 8.42 Å². The predicted octanol–water partition coefficient (Wildman–Crippen LogP) is -3.43. The lowest BCUT2D eigenvalue weighted by atomic mass is 9.98. The molecule has 0 aromatic heterocycles. The van der Waals surface area contributed by atoms with Crippen LogP contribution >= 0.6 is 0 Å². The average molecular weight is 259 g/mol. The van der Waals surface area contributed by atoms with Crippen molar-refractivity contribution in [3.05, 3.63) is 0 Å². The fourth-order valence-electron chi connectivity index (χ4n) is 1.26. The highest BCUT2D eigenvalue weighted by atomic mass is 32.3. The Morgan fingerprint density at radius 2 is 1.81 bits per heavy atom. The molecule has 1 heterocycles. The highest BCUT2D eigenvalue weighted by Crippen LogP contribution is 2.19. The Morgan fingerprint density at radius 1 is 1.25 bits per heavy atom. The molecule has 0 aliphatic carbocycles. The molecule has 0 spiro atoms. The average Bonchev–Trinajstić information content (AvgIpc) is 2.17. The van der Waals surface area contributed by atoms with E-state index < -0.39 is 47.6 Å². The van der Waals surface area contributed by atoms with Crippen molar-refractivity contribution in [1.82, 2.24) is 0 Å². The molecule has 0 radical (unpaired) electrons. The Bertz CT molecular complexity index is 331. The van der Waals surface area contributed by atoms with Gasteiger partial charge in [0.05, 0.1) is 12.6 Å². The van der Waals surface area contributed by atoms with Gasteiger partial charge in [0.25, 0.3) is 0 Å². The lowest BCUT2D eigenvalue weighted by Gasteiger charge is -2.38. The van der Waals surface area contributed by atoms with E-state index >= 15 is 0 Å². The minimum Gasteiger partial charge on any atom is -0.388 e. The second kappa shape index (κ2) is 4.89. The van der Waals surface area contributed by atoms with Crippen LogP contribution in [0, 0.1) is 0 Å². The van der Waals surface area contributed by atoms with Crippen LogP contribution < -0.4 is 5.73 Å². The van der Waals surface area contributed by atoms with Crippen LogP contribution in [0.5, 0.6) is 0 Å². The number of nitrogens with two attached hydrogens (primary N) is 1. The van der Waals surface area contributed by atoms with Crippen molar-refractivity contribution in [2.45, 2.75) is 30.6 Å². The van der Waals surface area contributed by atoms with Gasteiger partial charge in [-0.05, 0) is 0 Å². The molecule has 0 aromatic rings. The Kier molecular flexibility index (Phi) is 4.20. The largest absolute Gasteiger partial charge is 0.397 e. The van der Waals surface area contributed by atoms with E-state index in [0.29, 0.717) is 0 Å². The summed E-state index contributed by atoms with van der Waals surface area (Å²) in [4.78, 5) is 0. The van der Waals surface area contributed by atoms with E-state index in [4.69, 9.17) is 15.0 Å². The van der Waals surface area contributed by atoms with E-state index in [1.165, 1.54) is 0 Å². The van der Waals surface area contributed by atoms with Crippen molar-refractivity contribution in [2.24, 2.45) is 5.73 Å². The number of ether oxygens (including phenoxy) is 1. The van der Waals surface area contributed by atoms with Crippen LogP contribution in [0.1, 0.15) is 0 Å². The topological polar surface area (TPSA) is 160 Å². The first-order valence-electron chi connectivity index (χ1n) is 4.29. The van der Waals surface area contributed by atoms with Gasteiger partial charge in [0, 0.05) is 0 Å². The first-order chi connectivity index (χ1) is 7.22. The fourth-order valence-corrected chi connectivity index (χ4v) is 1.56. The maximum atomic E-state index is 10.3. The molecule has 16 heavy (non-hydrogen) atoms. The van der Waals surface area contributed by atoms with Gasteiger partial charge < -0.3 is 25.8 Å². The Labute approximate surface area is 91.3 Å². The van der Waals surface area contributed by atoms with Crippen molar-refractivity contribution >= 4 is 10.4 Å². The smallest absolute Gasteiger partial charge is 0.388 e. The molecule has 1 fully saturated rings. The Morgan fingerprint density at radius 3 is 2.31 bits per heavy atom. The standard InChI is InChI=1S/C6H13NO8S/c7-3-5(9)4(8)2(15-6(3)10)1-14-16(11,12)13/h2-6,8-10H,1,7H2,(H,11,12,13)/t2?,3-,4+,5?,6+/m0/s1. The number of hydrogen-bond acceptors (Lipinski definition) is 8. The summed E-state index contributed by atoms with van der Waals surface area (Å²) in [6.45, 7) is -0.749. The summed E-state index contributed by atoms with van der Waals surface area (Å²) in [6, 6.07) is -1.21. The molecule has 96 valence electrons. The van der Waals surface area contributed by atoms with Gasteiger partial charge in [-0.3, -0.25) is 4.55 Å². The summed E-state index contributed by atoms with van der Waals surface area (Å²) < 4.78 is 37.4. The normalized spacial score (nSPS) is 40.9. The van der Waals surface area contributed by atoms with Crippen molar-refractivity contribution in [1.29, 1.82) is 0 Å². The first kappa shape index (κ1) is 13.7. The highest BCUT2D eigenvalue weighted by molar-refractivity contribution is 7.80. The van der Waals surface area contributed by atoms with Gasteiger partial charge in [-0.1, -0.05) is 0 Å². The third-order valence-corrected chi connectivity index (χ3v) is 2.58. The molecule has 1 aliphatic heterocycles. The molecule has 1 rings (SSSR count). The van der Waals surface area contributed by atoms with Gasteiger partial charge in [0.15, 0.2) is 6.29 Å². The molecule has 2 unspecified atom stereocenters. The van der Waals surface area contributed by atoms with E-state index in [1.807, 2.05) is 0 Å². The lowest BCUT2D eigenvalue weighted by Crippen LogP contribution is -2.62. The number of aliphatic hydroxyl groups is 3. The molecule has 1 saturated heterocycles. The third-order valence-electron chi connectivity index (χ3n) is 2.15. The van der Waals surface area contributed by atoms with Crippen molar-refractivity contribution in [2.75, 3.05) is 6.61 Å². The second-order valence-electron chi connectivity index (χ2n) is 3.34. The van der Waals surface area contributed by atoms with Crippen LogP contribution in [0.25, 0.3) is 0 Å². The SMILES string of the molecule is N[C@H]1C(O)[C@H](O)C(COS(=O)(=O)O)O[C@H]1O. The number of hydrogen-bond donors (Lipinski definition) is 5. The van der Waals surface area contributed by atoms with Crippen LogP contribution in [0.4, 0.5) is 0 Å². The van der Waals surface area contributed by atoms with E-state index in [0.717, 1.165) is 0 Å². The van der Waals surface area contributed by atoms with Crippen LogP contribution in [0.3, 0.4) is 0 Å². The minimum atomic E-state index is -4.68. The minimum absolute atomic E-state index is 0.749. The molecule has 0 saturated carbocycles. The van der Waals surface area contributed by atoms with Crippen molar-refractivity contribution in [3.8, 4) is 0 Å². The van der Waals surface area contributed by atoms with Gasteiger partial charge in [-0.25, -0.2) is 4.18 Å². The molecule has 0 aromatic carbocycles. The van der Waals surface area contributed by atoms with Crippen LogP contribution in [-0.2, 0) is 19.3 Å². The van der Waals surface area contributed by atoms with Crippen molar-refractivity contribution in [3.63, 3.8) is 0 Å². The summed E-state index contributed by atoms with van der Waals surface area (Å²) in [6.07, 6.45) is -5.89. The Hall–Kier alpha value is -0.330. The second-order valence-corrected chi connectivity index (χ2v) is 4.43.